The summed E-state index contributed by atoms with van der Waals surface area (Å²) in [7, 11) is 0. The molecule has 31 heavy (non-hydrogen) atoms. The molecule has 3 heterocycles. The molecular weight excluding hydrogens is 386 g/mol. The molecule has 0 aliphatic carbocycles. The van der Waals surface area contributed by atoms with Crippen molar-refractivity contribution in [3.05, 3.63) is 65.5 Å². The molecule has 0 saturated carbocycles. The standard InChI is InChI=1S/C26H33N3O2/c1-19(2)18-29-22(16-21-9-5-4-6-10-21)17-26(25(29)31)11-14-28(15-12-26)24(30)23-20(3)8-7-13-27-23/h4-10,13,19,22H,11-12,14-18H2,1-3H3. The van der Waals surface area contributed by atoms with Gasteiger partial charge in [0.15, 0.2) is 0 Å². The third kappa shape index (κ3) is 4.36. The molecular formula is C26H33N3O2. The lowest BCUT2D eigenvalue weighted by molar-refractivity contribution is -0.139. The minimum atomic E-state index is -0.329. The van der Waals surface area contributed by atoms with E-state index in [0.29, 0.717) is 30.6 Å². The quantitative estimate of drug-likeness (QED) is 0.733. The van der Waals surface area contributed by atoms with Crippen LogP contribution in [0, 0.1) is 18.3 Å². The van der Waals surface area contributed by atoms with Crippen LogP contribution < -0.4 is 0 Å². The Labute approximate surface area is 185 Å². The molecule has 4 rings (SSSR count). The summed E-state index contributed by atoms with van der Waals surface area (Å²) in [6.07, 6.45) is 4.94. The first-order chi connectivity index (χ1) is 14.9. The summed E-state index contributed by atoms with van der Waals surface area (Å²) in [5.41, 5.74) is 2.38. The van der Waals surface area contributed by atoms with Crippen molar-refractivity contribution in [3.8, 4) is 0 Å². The number of amides is 2. The Kier molecular flexibility index (Phi) is 6.12. The fourth-order valence-electron chi connectivity index (χ4n) is 5.23. The van der Waals surface area contributed by atoms with Crippen molar-refractivity contribution < 1.29 is 9.59 Å². The smallest absolute Gasteiger partial charge is 0.272 e. The number of pyridine rings is 1. The maximum atomic E-state index is 13.6. The number of nitrogens with zero attached hydrogens (tertiary/aromatic N) is 3. The molecule has 0 N–H and O–H groups in total. The number of carbonyl (C=O) groups excluding carboxylic acids is 2. The van der Waals surface area contributed by atoms with Gasteiger partial charge in [0.2, 0.25) is 5.91 Å². The fourth-order valence-corrected chi connectivity index (χ4v) is 5.23. The van der Waals surface area contributed by atoms with Crippen LogP contribution in [-0.2, 0) is 11.2 Å². The molecule has 2 aliphatic heterocycles. The van der Waals surface area contributed by atoms with Gasteiger partial charge in [0, 0.05) is 31.9 Å². The molecule has 0 radical (unpaired) electrons. The van der Waals surface area contributed by atoms with Crippen molar-refractivity contribution in [2.45, 2.75) is 52.5 Å². The highest BCUT2D eigenvalue weighted by Crippen LogP contribution is 2.45. The predicted molar refractivity (Wildman–Crippen MR) is 122 cm³/mol. The molecule has 164 valence electrons. The SMILES string of the molecule is Cc1cccnc1C(=O)N1CCC2(CC1)CC(Cc1ccccc1)N(CC(C)C)C2=O. The zero-order valence-corrected chi connectivity index (χ0v) is 18.9. The number of piperidine rings is 1. The monoisotopic (exact) mass is 419 g/mol. The molecule has 1 unspecified atom stereocenters. The molecule has 1 spiro atoms. The Balaban J connectivity index is 1.49. The van der Waals surface area contributed by atoms with E-state index in [4.69, 9.17) is 0 Å². The molecule has 1 aromatic heterocycles. The van der Waals surface area contributed by atoms with Gasteiger partial charge in [0.05, 0.1) is 5.41 Å². The lowest BCUT2D eigenvalue weighted by Gasteiger charge is -2.38. The largest absolute Gasteiger partial charge is 0.339 e. The topological polar surface area (TPSA) is 53.5 Å². The van der Waals surface area contributed by atoms with E-state index in [0.717, 1.165) is 37.8 Å². The van der Waals surface area contributed by atoms with Crippen molar-refractivity contribution >= 4 is 11.8 Å². The van der Waals surface area contributed by atoms with Gasteiger partial charge in [-0.05, 0) is 55.7 Å². The van der Waals surface area contributed by atoms with E-state index in [2.05, 4.69) is 48.0 Å². The number of rotatable bonds is 5. The summed E-state index contributed by atoms with van der Waals surface area (Å²) in [4.78, 5) is 34.9. The third-order valence-electron chi connectivity index (χ3n) is 6.88. The Morgan fingerprint density at radius 3 is 2.48 bits per heavy atom. The van der Waals surface area contributed by atoms with Crippen LogP contribution in [0.2, 0.25) is 0 Å². The lowest BCUT2D eigenvalue weighted by Crippen LogP contribution is -2.47. The van der Waals surface area contributed by atoms with Crippen LogP contribution in [0.5, 0.6) is 0 Å². The second kappa shape index (κ2) is 8.81. The van der Waals surface area contributed by atoms with Crippen LogP contribution in [-0.4, -0.2) is 52.3 Å². The molecule has 2 saturated heterocycles. The van der Waals surface area contributed by atoms with Gasteiger partial charge in [-0.15, -0.1) is 0 Å². The van der Waals surface area contributed by atoms with Gasteiger partial charge in [-0.2, -0.15) is 0 Å². The van der Waals surface area contributed by atoms with E-state index in [9.17, 15) is 9.59 Å². The van der Waals surface area contributed by atoms with Gasteiger partial charge in [-0.25, -0.2) is 0 Å². The van der Waals surface area contributed by atoms with E-state index < -0.39 is 0 Å². The molecule has 2 aliphatic rings. The van der Waals surface area contributed by atoms with Crippen molar-refractivity contribution in [2.75, 3.05) is 19.6 Å². The first kappa shape index (κ1) is 21.5. The first-order valence-corrected chi connectivity index (χ1v) is 11.5. The zero-order chi connectivity index (χ0) is 22.0. The maximum Gasteiger partial charge on any atom is 0.272 e. The second-order valence-electron chi connectivity index (χ2n) is 9.64. The zero-order valence-electron chi connectivity index (χ0n) is 18.9. The number of hydrogen-bond acceptors (Lipinski definition) is 3. The molecule has 2 fully saturated rings. The molecule has 1 atom stereocenters. The summed E-state index contributed by atoms with van der Waals surface area (Å²) in [5, 5.41) is 0. The van der Waals surface area contributed by atoms with Gasteiger partial charge in [-0.3, -0.25) is 14.6 Å². The Bertz CT molecular complexity index is 933. The number of likely N-dealkylation sites (tertiary alicyclic amines) is 2. The van der Waals surface area contributed by atoms with Crippen LogP contribution in [0.25, 0.3) is 0 Å². The molecule has 2 amide bonds. The van der Waals surface area contributed by atoms with E-state index in [-0.39, 0.29) is 17.4 Å². The van der Waals surface area contributed by atoms with Gasteiger partial charge < -0.3 is 9.80 Å². The molecule has 5 nitrogen and oxygen atoms in total. The Morgan fingerprint density at radius 1 is 1.13 bits per heavy atom. The van der Waals surface area contributed by atoms with Crippen molar-refractivity contribution in [1.82, 2.24) is 14.8 Å². The average Bonchev–Trinajstić information content (AvgIpc) is 3.00. The van der Waals surface area contributed by atoms with Crippen LogP contribution in [0.1, 0.15) is 54.7 Å². The fraction of sp³-hybridized carbons (Fsp3) is 0.500. The van der Waals surface area contributed by atoms with Gasteiger partial charge >= 0.3 is 0 Å². The van der Waals surface area contributed by atoms with Crippen LogP contribution in [0.15, 0.2) is 48.7 Å². The second-order valence-corrected chi connectivity index (χ2v) is 9.64. The minimum Gasteiger partial charge on any atom is -0.339 e. The molecule has 5 heteroatoms. The first-order valence-electron chi connectivity index (χ1n) is 11.5. The number of aryl methyl sites for hydroxylation is 1. The van der Waals surface area contributed by atoms with Crippen molar-refractivity contribution in [3.63, 3.8) is 0 Å². The van der Waals surface area contributed by atoms with Gasteiger partial charge in [-0.1, -0.05) is 50.2 Å². The molecule has 1 aromatic carbocycles. The van der Waals surface area contributed by atoms with Crippen molar-refractivity contribution in [1.29, 1.82) is 0 Å². The highest BCUT2D eigenvalue weighted by Gasteiger charge is 2.52. The summed E-state index contributed by atoms with van der Waals surface area (Å²) in [5.74, 6) is 0.715. The number of hydrogen-bond donors (Lipinski definition) is 0. The summed E-state index contributed by atoms with van der Waals surface area (Å²) >= 11 is 0. The van der Waals surface area contributed by atoms with Crippen LogP contribution in [0.4, 0.5) is 0 Å². The van der Waals surface area contributed by atoms with E-state index in [1.807, 2.05) is 30.0 Å². The van der Waals surface area contributed by atoms with Crippen LogP contribution in [0.3, 0.4) is 0 Å². The number of benzene rings is 1. The van der Waals surface area contributed by atoms with E-state index in [1.54, 1.807) is 6.20 Å². The average molecular weight is 420 g/mol. The third-order valence-corrected chi connectivity index (χ3v) is 6.88. The predicted octanol–water partition coefficient (Wildman–Crippen LogP) is 4.11. The van der Waals surface area contributed by atoms with Crippen LogP contribution >= 0.6 is 0 Å². The summed E-state index contributed by atoms with van der Waals surface area (Å²) in [6, 6.07) is 14.5. The minimum absolute atomic E-state index is 0.0155. The summed E-state index contributed by atoms with van der Waals surface area (Å²) < 4.78 is 0. The van der Waals surface area contributed by atoms with Gasteiger partial charge in [0.25, 0.3) is 5.91 Å². The highest BCUT2D eigenvalue weighted by atomic mass is 16.2. The Hall–Kier alpha value is -2.69. The lowest BCUT2D eigenvalue weighted by atomic mass is 9.75. The van der Waals surface area contributed by atoms with Crippen molar-refractivity contribution in [2.24, 2.45) is 11.3 Å². The number of carbonyl (C=O) groups is 2. The Morgan fingerprint density at radius 2 is 1.84 bits per heavy atom. The van der Waals surface area contributed by atoms with E-state index in [1.165, 1.54) is 5.56 Å². The van der Waals surface area contributed by atoms with E-state index >= 15 is 0 Å². The number of aromatic nitrogens is 1. The summed E-state index contributed by atoms with van der Waals surface area (Å²) in [6.45, 7) is 8.31. The molecule has 2 aromatic rings. The highest BCUT2D eigenvalue weighted by molar-refractivity contribution is 5.94. The maximum absolute atomic E-state index is 13.6. The van der Waals surface area contributed by atoms with Gasteiger partial charge in [0.1, 0.15) is 5.69 Å². The molecule has 0 bridgehead atoms. The normalized spacial score (nSPS) is 20.6.